The Morgan fingerprint density at radius 3 is 2.73 bits per heavy atom. The molecule has 4 aromatic rings. The zero-order valence-electron chi connectivity index (χ0n) is 18.2. The van der Waals surface area contributed by atoms with Gasteiger partial charge in [-0.3, -0.25) is 4.98 Å². The highest BCUT2D eigenvalue weighted by Gasteiger charge is 2.42. The van der Waals surface area contributed by atoms with E-state index in [9.17, 15) is 0 Å². The van der Waals surface area contributed by atoms with E-state index in [2.05, 4.69) is 15.2 Å². The number of hydrogen-bond acceptors (Lipinski definition) is 4. The highest BCUT2D eigenvalue weighted by molar-refractivity contribution is 7.80. The molecular formula is C26H22ClN3O2S. The Morgan fingerprint density at radius 2 is 1.94 bits per heavy atom. The molecule has 0 radical (unpaired) electrons. The molecule has 0 bridgehead atoms. The van der Waals surface area contributed by atoms with E-state index in [0.717, 1.165) is 39.8 Å². The minimum Gasteiger partial charge on any atom is -0.497 e. The van der Waals surface area contributed by atoms with Gasteiger partial charge in [0, 0.05) is 28.5 Å². The van der Waals surface area contributed by atoms with Gasteiger partial charge in [0.25, 0.3) is 0 Å². The van der Waals surface area contributed by atoms with Crippen LogP contribution in [-0.2, 0) is 0 Å². The Labute approximate surface area is 203 Å². The van der Waals surface area contributed by atoms with Crippen LogP contribution in [0.2, 0.25) is 5.02 Å². The molecule has 1 fully saturated rings. The topological polar surface area (TPSA) is 50.5 Å². The number of halogens is 1. The molecule has 166 valence electrons. The average Bonchev–Trinajstić information content (AvgIpc) is 3.45. The predicted octanol–water partition coefficient (Wildman–Crippen LogP) is 6.49. The van der Waals surface area contributed by atoms with Crippen LogP contribution in [0, 0.1) is 6.92 Å². The first-order chi connectivity index (χ1) is 16.0. The molecule has 0 aliphatic carbocycles. The van der Waals surface area contributed by atoms with E-state index >= 15 is 0 Å². The third kappa shape index (κ3) is 4.08. The molecular weight excluding hydrogens is 454 g/mol. The van der Waals surface area contributed by atoms with Gasteiger partial charge in [-0.05, 0) is 73.2 Å². The summed E-state index contributed by atoms with van der Waals surface area (Å²) >= 11 is 12.0. The third-order valence-electron chi connectivity index (χ3n) is 5.81. The van der Waals surface area contributed by atoms with Crippen molar-refractivity contribution in [3.8, 4) is 17.1 Å². The summed E-state index contributed by atoms with van der Waals surface area (Å²) in [6.07, 6.45) is 1.79. The molecule has 2 atom stereocenters. The first kappa shape index (κ1) is 21.5. The lowest BCUT2D eigenvalue weighted by Gasteiger charge is -2.26. The van der Waals surface area contributed by atoms with E-state index in [1.54, 1.807) is 13.3 Å². The van der Waals surface area contributed by atoms with Crippen molar-refractivity contribution in [3.63, 3.8) is 0 Å². The van der Waals surface area contributed by atoms with Gasteiger partial charge in [0.1, 0.15) is 23.3 Å². The fourth-order valence-electron chi connectivity index (χ4n) is 4.20. The summed E-state index contributed by atoms with van der Waals surface area (Å²) in [4.78, 5) is 6.65. The van der Waals surface area contributed by atoms with Gasteiger partial charge in [0.2, 0.25) is 0 Å². The molecule has 5 nitrogen and oxygen atoms in total. The second-order valence-corrected chi connectivity index (χ2v) is 8.68. The summed E-state index contributed by atoms with van der Waals surface area (Å²) in [7, 11) is 1.65. The lowest BCUT2D eigenvalue weighted by Crippen LogP contribution is -2.29. The number of benzene rings is 2. The van der Waals surface area contributed by atoms with E-state index in [1.165, 1.54) is 0 Å². The second kappa shape index (κ2) is 8.89. The number of thiocarbonyl (C=S) groups is 1. The highest BCUT2D eigenvalue weighted by Crippen LogP contribution is 2.43. The molecule has 1 saturated heterocycles. The van der Waals surface area contributed by atoms with E-state index in [4.69, 9.17) is 33.0 Å². The van der Waals surface area contributed by atoms with E-state index in [0.29, 0.717) is 10.1 Å². The SMILES string of the molecule is COc1cccc(N2C(=S)N[C@H](c3ccccn3)[C@H]2c2ccc(-c3cc(Cl)ccc3C)o2)c1. The van der Waals surface area contributed by atoms with Gasteiger partial charge in [0.05, 0.1) is 18.8 Å². The number of aromatic nitrogens is 1. The molecule has 33 heavy (non-hydrogen) atoms. The number of furan rings is 1. The molecule has 0 saturated carbocycles. The lowest BCUT2D eigenvalue weighted by atomic mass is 10.0. The van der Waals surface area contributed by atoms with Crippen molar-refractivity contribution in [1.29, 1.82) is 0 Å². The highest BCUT2D eigenvalue weighted by atomic mass is 35.5. The molecule has 0 amide bonds. The number of aryl methyl sites for hydroxylation is 1. The smallest absolute Gasteiger partial charge is 0.174 e. The summed E-state index contributed by atoms with van der Waals surface area (Å²) in [5.74, 6) is 2.29. The summed E-state index contributed by atoms with van der Waals surface area (Å²) in [5.41, 5.74) is 3.84. The Kier molecular flexibility index (Phi) is 5.79. The van der Waals surface area contributed by atoms with E-state index in [-0.39, 0.29) is 12.1 Å². The lowest BCUT2D eigenvalue weighted by molar-refractivity contribution is 0.414. The maximum atomic E-state index is 6.44. The first-order valence-corrected chi connectivity index (χ1v) is 11.3. The number of hydrogen-bond donors (Lipinski definition) is 1. The van der Waals surface area contributed by atoms with Crippen molar-refractivity contribution in [2.24, 2.45) is 0 Å². The van der Waals surface area contributed by atoms with E-state index < -0.39 is 0 Å². The van der Waals surface area contributed by atoms with Crippen LogP contribution < -0.4 is 15.0 Å². The van der Waals surface area contributed by atoms with Crippen LogP contribution >= 0.6 is 23.8 Å². The number of nitrogens with zero attached hydrogens (tertiary/aromatic N) is 2. The zero-order chi connectivity index (χ0) is 22.9. The quantitative estimate of drug-likeness (QED) is 0.333. The molecule has 5 rings (SSSR count). The van der Waals surface area contributed by atoms with Crippen LogP contribution in [0.25, 0.3) is 11.3 Å². The van der Waals surface area contributed by atoms with Crippen LogP contribution in [0.5, 0.6) is 5.75 Å². The summed E-state index contributed by atoms with van der Waals surface area (Å²) < 4.78 is 11.9. The van der Waals surface area contributed by atoms with Crippen molar-refractivity contribution < 1.29 is 9.15 Å². The Morgan fingerprint density at radius 1 is 1.06 bits per heavy atom. The molecule has 1 aliphatic rings. The molecule has 7 heteroatoms. The van der Waals surface area contributed by atoms with Crippen molar-refractivity contribution in [3.05, 3.63) is 101 Å². The minimum absolute atomic E-state index is 0.190. The van der Waals surface area contributed by atoms with Crippen LogP contribution in [-0.4, -0.2) is 17.2 Å². The standard InChI is InChI=1S/C26H22ClN3O2S/c1-16-9-10-17(27)14-20(16)22-11-12-23(32-22)25-24(21-8-3-4-13-28-21)29-26(33)30(25)18-6-5-7-19(15-18)31-2/h3-15,24-25H,1-2H3,(H,29,33)/t24-,25-/m1/s1. The van der Waals surface area contributed by atoms with Gasteiger partial charge in [-0.15, -0.1) is 0 Å². The molecule has 3 heterocycles. The van der Waals surface area contributed by atoms with Gasteiger partial charge < -0.3 is 19.4 Å². The molecule has 0 spiro atoms. The molecule has 1 aliphatic heterocycles. The number of rotatable bonds is 5. The monoisotopic (exact) mass is 475 g/mol. The van der Waals surface area contributed by atoms with E-state index in [1.807, 2.05) is 79.7 Å². The first-order valence-electron chi connectivity index (χ1n) is 10.6. The van der Waals surface area contributed by atoms with Gasteiger partial charge in [-0.25, -0.2) is 0 Å². The molecule has 1 N–H and O–H groups in total. The summed E-state index contributed by atoms with van der Waals surface area (Å²) in [6, 6.07) is 23.0. The van der Waals surface area contributed by atoms with Crippen LogP contribution in [0.1, 0.15) is 29.1 Å². The number of anilines is 1. The van der Waals surface area contributed by atoms with Crippen molar-refractivity contribution in [2.75, 3.05) is 12.0 Å². The van der Waals surface area contributed by atoms with Gasteiger partial charge >= 0.3 is 0 Å². The molecule has 0 unspecified atom stereocenters. The molecule has 2 aromatic heterocycles. The Bertz CT molecular complexity index is 1310. The van der Waals surface area contributed by atoms with Crippen molar-refractivity contribution in [1.82, 2.24) is 10.3 Å². The zero-order valence-corrected chi connectivity index (χ0v) is 19.7. The van der Waals surface area contributed by atoms with Gasteiger partial charge in [-0.1, -0.05) is 29.8 Å². The number of pyridine rings is 1. The maximum absolute atomic E-state index is 6.44. The van der Waals surface area contributed by atoms with Crippen LogP contribution in [0.4, 0.5) is 5.69 Å². The fraction of sp³-hybridized carbons (Fsp3) is 0.154. The maximum Gasteiger partial charge on any atom is 0.174 e. The number of ether oxygens (including phenoxy) is 1. The minimum atomic E-state index is -0.243. The Hall–Kier alpha value is -3.35. The van der Waals surface area contributed by atoms with Crippen LogP contribution in [0.3, 0.4) is 0 Å². The largest absolute Gasteiger partial charge is 0.497 e. The summed E-state index contributed by atoms with van der Waals surface area (Å²) in [6.45, 7) is 2.04. The second-order valence-electron chi connectivity index (χ2n) is 7.86. The summed E-state index contributed by atoms with van der Waals surface area (Å²) in [5, 5.41) is 4.71. The fourth-order valence-corrected chi connectivity index (χ4v) is 4.72. The van der Waals surface area contributed by atoms with Crippen molar-refractivity contribution >= 4 is 34.6 Å². The van der Waals surface area contributed by atoms with Crippen LogP contribution in [0.15, 0.2) is 83.4 Å². The van der Waals surface area contributed by atoms with Crippen molar-refractivity contribution in [2.45, 2.75) is 19.0 Å². The normalized spacial score (nSPS) is 17.8. The van der Waals surface area contributed by atoms with Gasteiger partial charge in [-0.2, -0.15) is 0 Å². The predicted molar refractivity (Wildman–Crippen MR) is 135 cm³/mol. The number of methoxy groups -OCH3 is 1. The third-order valence-corrected chi connectivity index (χ3v) is 6.36. The molecule has 2 aromatic carbocycles. The average molecular weight is 476 g/mol. The Balaban J connectivity index is 1.62. The number of nitrogens with one attached hydrogen (secondary N) is 1. The van der Waals surface area contributed by atoms with Gasteiger partial charge in [0.15, 0.2) is 5.11 Å².